The van der Waals surface area contributed by atoms with Crippen molar-refractivity contribution in [2.75, 3.05) is 20.0 Å². The van der Waals surface area contributed by atoms with Crippen molar-refractivity contribution < 1.29 is 19.1 Å². The van der Waals surface area contributed by atoms with Gasteiger partial charge in [0.2, 0.25) is 0 Å². The van der Waals surface area contributed by atoms with E-state index in [0.717, 1.165) is 5.57 Å². The smallest absolute Gasteiger partial charge is 0.340 e. The Bertz CT molecular complexity index is 726. The normalized spacial score (nSPS) is 12.2. The summed E-state index contributed by atoms with van der Waals surface area (Å²) in [6.07, 6.45) is 2.25. The Balaban J connectivity index is 2.91. The predicted molar refractivity (Wildman–Crippen MR) is 75.6 cm³/mol. The zero-order valence-corrected chi connectivity index (χ0v) is 11.9. The number of carbonyl (C=O) groups is 2. The van der Waals surface area contributed by atoms with Gasteiger partial charge in [-0.1, -0.05) is 11.6 Å². The van der Waals surface area contributed by atoms with Crippen molar-refractivity contribution in [1.82, 2.24) is 0 Å². The zero-order valence-electron chi connectivity index (χ0n) is 11.9. The van der Waals surface area contributed by atoms with E-state index in [-0.39, 0.29) is 22.4 Å². The quantitative estimate of drug-likeness (QED) is 0.655. The minimum Gasteiger partial charge on any atom is -0.465 e. The lowest BCUT2D eigenvalue weighted by atomic mass is 9.91. The van der Waals surface area contributed by atoms with Crippen molar-refractivity contribution in [1.29, 1.82) is 5.26 Å². The van der Waals surface area contributed by atoms with E-state index in [1.807, 2.05) is 13.0 Å². The highest BCUT2D eigenvalue weighted by atomic mass is 16.5. The van der Waals surface area contributed by atoms with Gasteiger partial charge in [-0.25, -0.2) is 9.59 Å². The van der Waals surface area contributed by atoms with Crippen LogP contribution in [0.15, 0.2) is 5.57 Å². The molecule has 6 nitrogen and oxygen atoms in total. The number of anilines is 1. The molecule has 0 bridgehead atoms. The number of methoxy groups -OCH3 is 2. The third-order valence-electron chi connectivity index (χ3n) is 3.42. The van der Waals surface area contributed by atoms with Gasteiger partial charge < -0.3 is 15.2 Å². The van der Waals surface area contributed by atoms with Gasteiger partial charge >= 0.3 is 11.9 Å². The molecular weight excluding hydrogens is 272 g/mol. The highest BCUT2D eigenvalue weighted by Gasteiger charge is 2.32. The molecule has 0 amide bonds. The molecule has 0 unspecified atom stereocenters. The van der Waals surface area contributed by atoms with Crippen molar-refractivity contribution in [3.63, 3.8) is 0 Å². The monoisotopic (exact) mass is 286 g/mol. The maximum atomic E-state index is 12.1. The molecule has 2 N–H and O–H groups in total. The van der Waals surface area contributed by atoms with E-state index >= 15 is 0 Å². The highest BCUT2D eigenvalue weighted by molar-refractivity contribution is 6.10. The van der Waals surface area contributed by atoms with Gasteiger partial charge in [0.25, 0.3) is 0 Å². The summed E-state index contributed by atoms with van der Waals surface area (Å²) in [6.45, 7) is 1.87. The maximum Gasteiger partial charge on any atom is 0.340 e. The number of allylic oxidation sites excluding steroid dienone is 1. The third-order valence-corrected chi connectivity index (χ3v) is 3.42. The van der Waals surface area contributed by atoms with Crippen LogP contribution in [-0.2, 0) is 15.9 Å². The summed E-state index contributed by atoms with van der Waals surface area (Å²) < 4.78 is 9.44. The molecule has 0 spiro atoms. The number of rotatable bonds is 2. The van der Waals surface area contributed by atoms with Crippen LogP contribution in [0.2, 0.25) is 0 Å². The number of hydrogen-bond donors (Lipinski definition) is 1. The average Bonchev–Trinajstić information content (AvgIpc) is 2.85. The summed E-state index contributed by atoms with van der Waals surface area (Å²) in [5.74, 6) is -1.44. The van der Waals surface area contributed by atoms with Crippen LogP contribution < -0.4 is 5.73 Å². The molecule has 0 saturated heterocycles. The molecule has 0 fully saturated rings. The first-order valence-corrected chi connectivity index (χ1v) is 6.18. The first-order chi connectivity index (χ1) is 9.96. The Labute approximate surface area is 121 Å². The van der Waals surface area contributed by atoms with E-state index in [1.54, 1.807) is 6.08 Å². The molecule has 1 aliphatic rings. The molecule has 0 radical (unpaired) electrons. The molecule has 0 saturated carbocycles. The first kappa shape index (κ1) is 14.6. The summed E-state index contributed by atoms with van der Waals surface area (Å²) in [7, 11) is 2.41. The van der Waals surface area contributed by atoms with Gasteiger partial charge in [0, 0.05) is 0 Å². The average molecular weight is 286 g/mol. The fourth-order valence-electron chi connectivity index (χ4n) is 2.52. The van der Waals surface area contributed by atoms with E-state index in [4.69, 9.17) is 10.5 Å². The lowest BCUT2D eigenvalue weighted by Crippen LogP contribution is -2.19. The largest absolute Gasteiger partial charge is 0.465 e. The number of hydrogen-bond acceptors (Lipinski definition) is 6. The molecule has 1 aromatic carbocycles. The van der Waals surface area contributed by atoms with Crippen LogP contribution in [0.5, 0.6) is 0 Å². The standard InChI is InChI=1S/C15H14N2O4/c1-7-4-8-9(5-7)11(14(18)20-2)12(15(19)21-3)13(17)10(8)6-16/h4H,5,17H2,1-3H3. The van der Waals surface area contributed by atoms with Gasteiger partial charge in [0.15, 0.2) is 0 Å². The summed E-state index contributed by atoms with van der Waals surface area (Å²) >= 11 is 0. The van der Waals surface area contributed by atoms with Gasteiger partial charge in [-0.05, 0) is 24.5 Å². The summed E-state index contributed by atoms with van der Waals surface area (Å²) in [5, 5.41) is 9.31. The summed E-state index contributed by atoms with van der Waals surface area (Å²) in [5.41, 5.74) is 8.11. The lowest BCUT2D eigenvalue weighted by Gasteiger charge is -2.16. The molecule has 0 aromatic heterocycles. The molecule has 108 valence electrons. The van der Waals surface area contributed by atoms with Crippen LogP contribution in [-0.4, -0.2) is 26.2 Å². The number of ether oxygens (including phenoxy) is 2. The van der Waals surface area contributed by atoms with E-state index in [9.17, 15) is 14.9 Å². The SMILES string of the molecule is COC(=O)c1c(N)c(C#N)c2c(c1C(=O)OC)CC(C)=C2. The molecule has 21 heavy (non-hydrogen) atoms. The number of nitrogens with zero attached hydrogens (tertiary/aromatic N) is 1. The molecule has 0 heterocycles. The number of fused-ring (bicyclic) bond motifs is 1. The van der Waals surface area contributed by atoms with Gasteiger partial charge in [-0.15, -0.1) is 0 Å². The lowest BCUT2D eigenvalue weighted by molar-refractivity contribution is 0.0555. The van der Waals surface area contributed by atoms with E-state index < -0.39 is 11.9 Å². The van der Waals surface area contributed by atoms with E-state index in [1.165, 1.54) is 14.2 Å². The van der Waals surface area contributed by atoms with Crippen molar-refractivity contribution in [2.24, 2.45) is 0 Å². The van der Waals surface area contributed by atoms with Crippen molar-refractivity contribution >= 4 is 23.7 Å². The number of esters is 2. The number of nitriles is 1. The first-order valence-electron chi connectivity index (χ1n) is 6.18. The molecule has 2 rings (SSSR count). The summed E-state index contributed by atoms with van der Waals surface area (Å²) in [4.78, 5) is 24.1. The zero-order chi connectivity index (χ0) is 15.7. The molecule has 1 aromatic rings. The Morgan fingerprint density at radius 2 is 1.81 bits per heavy atom. The third kappa shape index (κ3) is 2.13. The van der Waals surface area contributed by atoms with Crippen LogP contribution in [0.4, 0.5) is 5.69 Å². The molecular formula is C15H14N2O4. The second-order valence-corrected chi connectivity index (χ2v) is 4.69. The fourth-order valence-corrected chi connectivity index (χ4v) is 2.52. The van der Waals surface area contributed by atoms with E-state index in [0.29, 0.717) is 17.5 Å². The predicted octanol–water partition coefficient (Wildman–Crippen LogP) is 1.67. The molecule has 0 aliphatic heterocycles. The van der Waals surface area contributed by atoms with Crippen LogP contribution in [0.1, 0.15) is 44.3 Å². The molecule has 0 atom stereocenters. The van der Waals surface area contributed by atoms with E-state index in [2.05, 4.69) is 4.74 Å². The van der Waals surface area contributed by atoms with Crippen LogP contribution >= 0.6 is 0 Å². The number of carbonyl (C=O) groups excluding carboxylic acids is 2. The topological polar surface area (TPSA) is 102 Å². The van der Waals surface area contributed by atoms with Gasteiger partial charge in [0.1, 0.15) is 6.07 Å². The Kier molecular flexibility index (Phi) is 3.68. The maximum absolute atomic E-state index is 12.1. The van der Waals surface area contributed by atoms with Crippen molar-refractivity contribution in [3.05, 3.63) is 33.4 Å². The van der Waals surface area contributed by atoms with Gasteiger partial charge in [0.05, 0.1) is 36.6 Å². The second kappa shape index (κ2) is 5.29. The summed E-state index contributed by atoms with van der Waals surface area (Å²) in [6, 6.07) is 1.99. The van der Waals surface area contributed by atoms with Crippen LogP contribution in [0, 0.1) is 11.3 Å². The molecule has 1 aliphatic carbocycles. The number of nitrogen functional groups attached to an aromatic ring is 1. The van der Waals surface area contributed by atoms with Crippen LogP contribution in [0.3, 0.4) is 0 Å². The fraction of sp³-hybridized carbons (Fsp3) is 0.267. The Morgan fingerprint density at radius 3 is 2.33 bits per heavy atom. The van der Waals surface area contributed by atoms with Crippen molar-refractivity contribution in [2.45, 2.75) is 13.3 Å². The Hall–Kier alpha value is -2.81. The minimum atomic E-state index is -0.767. The number of benzene rings is 1. The highest BCUT2D eigenvalue weighted by Crippen LogP contribution is 2.37. The number of nitrogens with two attached hydrogens (primary N) is 1. The van der Waals surface area contributed by atoms with Crippen LogP contribution in [0.25, 0.3) is 6.08 Å². The van der Waals surface area contributed by atoms with Gasteiger partial charge in [-0.3, -0.25) is 0 Å². The van der Waals surface area contributed by atoms with Gasteiger partial charge in [-0.2, -0.15) is 5.26 Å². The Morgan fingerprint density at radius 1 is 1.24 bits per heavy atom. The van der Waals surface area contributed by atoms with Crippen molar-refractivity contribution in [3.8, 4) is 6.07 Å². The minimum absolute atomic E-state index is 0.0607. The second-order valence-electron chi connectivity index (χ2n) is 4.69. The molecule has 6 heteroatoms.